The van der Waals surface area contributed by atoms with Crippen LogP contribution in [0.1, 0.15) is 43.4 Å². The Morgan fingerprint density at radius 1 is 0.925 bits per heavy atom. The predicted octanol–water partition coefficient (Wildman–Crippen LogP) is 6.79. The number of methoxy groups -OCH3 is 1. The first kappa shape index (κ1) is 28.5. The topological polar surface area (TPSA) is 85.3 Å². The molecule has 3 aromatic rings. The zero-order valence-corrected chi connectivity index (χ0v) is 21.9. The van der Waals surface area contributed by atoms with E-state index >= 15 is 0 Å². The summed E-state index contributed by atoms with van der Waals surface area (Å²) >= 11 is 0. The number of hydrogen-bond acceptors (Lipinski definition) is 6. The van der Waals surface area contributed by atoms with Crippen molar-refractivity contribution in [1.82, 2.24) is 0 Å². The number of amides is 1. The number of unbranched alkanes of at least 4 members (excludes halogenated alkanes) is 2. The van der Waals surface area contributed by atoms with Crippen LogP contribution in [-0.2, 0) is 9.59 Å². The van der Waals surface area contributed by atoms with Crippen molar-refractivity contribution in [1.29, 1.82) is 0 Å². The van der Waals surface area contributed by atoms with E-state index in [9.17, 15) is 27.9 Å². The summed E-state index contributed by atoms with van der Waals surface area (Å²) in [6.45, 7) is 2.64. The van der Waals surface area contributed by atoms with E-state index in [1.165, 1.54) is 19.2 Å². The Bertz CT molecular complexity index is 1380. The first-order valence-electron chi connectivity index (χ1n) is 12.7. The van der Waals surface area contributed by atoms with Crippen molar-refractivity contribution in [3.63, 3.8) is 0 Å². The number of Topliss-reactive ketones (excluding diaryl/α,β-unsaturated/α-hetero) is 1. The molecule has 1 atom stereocenters. The Labute approximate surface area is 229 Å². The van der Waals surface area contributed by atoms with Crippen molar-refractivity contribution >= 4 is 23.1 Å². The standard InChI is InChI=1S/C30H28F3NO6/c1-3-4-5-17-39-22-13-9-19(10-14-22)27(35)25-26(20-7-6-8-24(18-20)38-2)34(29(37)28(25)36)21-11-15-23(16-12-21)40-30(31,32)33/h6-16,18,26,35H,3-5,17H2,1-2H3/b27-25-. The lowest BCUT2D eigenvalue weighted by Gasteiger charge is -2.26. The van der Waals surface area contributed by atoms with Gasteiger partial charge in [-0.05, 0) is 72.6 Å². The monoisotopic (exact) mass is 555 g/mol. The number of halogens is 3. The highest BCUT2D eigenvalue weighted by atomic mass is 19.4. The molecular formula is C30H28F3NO6. The van der Waals surface area contributed by atoms with Crippen LogP contribution in [0.3, 0.4) is 0 Å². The molecule has 0 bridgehead atoms. The second-order valence-corrected chi connectivity index (χ2v) is 9.07. The zero-order chi connectivity index (χ0) is 28.9. The fourth-order valence-electron chi connectivity index (χ4n) is 4.44. The van der Waals surface area contributed by atoms with Crippen LogP contribution in [-0.4, -0.2) is 36.9 Å². The molecule has 210 valence electrons. The van der Waals surface area contributed by atoms with E-state index in [0.29, 0.717) is 29.2 Å². The molecular weight excluding hydrogens is 527 g/mol. The molecule has 4 rings (SSSR count). The molecule has 3 aromatic carbocycles. The molecule has 40 heavy (non-hydrogen) atoms. The lowest BCUT2D eigenvalue weighted by atomic mass is 9.95. The lowest BCUT2D eigenvalue weighted by molar-refractivity contribution is -0.274. The van der Waals surface area contributed by atoms with E-state index in [2.05, 4.69) is 11.7 Å². The van der Waals surface area contributed by atoms with Gasteiger partial charge in [0.2, 0.25) is 0 Å². The van der Waals surface area contributed by atoms with Crippen LogP contribution in [0.25, 0.3) is 5.76 Å². The fraction of sp³-hybridized carbons (Fsp3) is 0.267. The van der Waals surface area contributed by atoms with Crippen molar-refractivity contribution in [3.05, 3.63) is 89.5 Å². The molecule has 1 unspecified atom stereocenters. The van der Waals surface area contributed by atoms with E-state index < -0.39 is 35.6 Å². The maximum atomic E-state index is 13.3. The first-order chi connectivity index (χ1) is 19.1. The summed E-state index contributed by atoms with van der Waals surface area (Å²) in [5.74, 6) is -1.73. The number of aliphatic hydroxyl groups excluding tert-OH is 1. The third-order valence-electron chi connectivity index (χ3n) is 6.35. The van der Waals surface area contributed by atoms with Crippen LogP contribution in [0.4, 0.5) is 18.9 Å². The summed E-state index contributed by atoms with van der Waals surface area (Å²) in [5.41, 5.74) is 0.706. The molecule has 1 N–H and O–H groups in total. The van der Waals surface area contributed by atoms with Crippen LogP contribution in [0, 0.1) is 0 Å². The summed E-state index contributed by atoms with van der Waals surface area (Å²) in [4.78, 5) is 27.8. The van der Waals surface area contributed by atoms with E-state index in [4.69, 9.17) is 9.47 Å². The van der Waals surface area contributed by atoms with E-state index in [-0.39, 0.29) is 11.3 Å². The molecule has 1 heterocycles. The molecule has 10 heteroatoms. The van der Waals surface area contributed by atoms with Crippen LogP contribution in [0.5, 0.6) is 17.2 Å². The van der Waals surface area contributed by atoms with E-state index in [0.717, 1.165) is 36.3 Å². The number of alkyl halides is 3. The summed E-state index contributed by atoms with van der Waals surface area (Å²) in [7, 11) is 1.46. The normalized spacial score (nSPS) is 16.7. The van der Waals surface area contributed by atoms with Crippen LogP contribution in [0.2, 0.25) is 0 Å². The molecule has 1 saturated heterocycles. The molecule has 1 aliphatic heterocycles. The molecule has 1 aliphatic rings. The number of ether oxygens (including phenoxy) is 3. The number of hydrogen-bond donors (Lipinski definition) is 1. The number of aliphatic hydroxyl groups is 1. The third kappa shape index (κ3) is 6.39. The summed E-state index contributed by atoms with van der Waals surface area (Å²) < 4.78 is 52.9. The SMILES string of the molecule is CCCCCOc1ccc(/C(O)=C2/C(=O)C(=O)N(c3ccc(OC(F)(F)F)cc3)C2c2cccc(OC)c2)cc1. The van der Waals surface area contributed by atoms with Gasteiger partial charge in [0.15, 0.2) is 0 Å². The summed E-state index contributed by atoms with van der Waals surface area (Å²) in [6.07, 6.45) is -1.87. The highest BCUT2D eigenvalue weighted by Crippen LogP contribution is 2.43. The van der Waals surface area contributed by atoms with Crippen molar-refractivity contribution < 1.29 is 42.1 Å². The van der Waals surface area contributed by atoms with Crippen molar-refractivity contribution in [2.24, 2.45) is 0 Å². The highest BCUT2D eigenvalue weighted by Gasteiger charge is 2.47. The molecule has 1 amide bonds. The third-order valence-corrected chi connectivity index (χ3v) is 6.35. The van der Waals surface area contributed by atoms with Crippen LogP contribution >= 0.6 is 0 Å². The Kier molecular flexibility index (Phi) is 8.67. The Hall–Kier alpha value is -4.47. The number of ketones is 1. The van der Waals surface area contributed by atoms with Gasteiger partial charge < -0.3 is 19.3 Å². The van der Waals surface area contributed by atoms with Gasteiger partial charge >= 0.3 is 6.36 Å². The van der Waals surface area contributed by atoms with Crippen molar-refractivity contribution in [3.8, 4) is 17.2 Å². The largest absolute Gasteiger partial charge is 0.573 e. The molecule has 0 aliphatic carbocycles. The maximum absolute atomic E-state index is 13.3. The first-order valence-corrected chi connectivity index (χ1v) is 12.7. The summed E-state index contributed by atoms with van der Waals surface area (Å²) in [5, 5.41) is 11.3. The second kappa shape index (κ2) is 12.1. The fourth-order valence-corrected chi connectivity index (χ4v) is 4.44. The van der Waals surface area contributed by atoms with Gasteiger partial charge in [0.05, 0.1) is 25.3 Å². The van der Waals surface area contributed by atoms with Gasteiger partial charge in [0, 0.05) is 11.3 Å². The molecule has 0 saturated carbocycles. The molecule has 0 radical (unpaired) electrons. The maximum Gasteiger partial charge on any atom is 0.573 e. The van der Waals surface area contributed by atoms with Gasteiger partial charge in [-0.15, -0.1) is 13.2 Å². The van der Waals surface area contributed by atoms with Gasteiger partial charge in [-0.25, -0.2) is 0 Å². The smallest absolute Gasteiger partial charge is 0.507 e. The lowest BCUT2D eigenvalue weighted by Crippen LogP contribution is -2.29. The molecule has 0 aromatic heterocycles. The predicted molar refractivity (Wildman–Crippen MR) is 142 cm³/mol. The average molecular weight is 556 g/mol. The Morgan fingerprint density at radius 2 is 1.60 bits per heavy atom. The minimum atomic E-state index is -4.89. The molecule has 7 nitrogen and oxygen atoms in total. The number of carbonyl (C=O) groups is 2. The van der Waals surface area contributed by atoms with Gasteiger partial charge in [-0.2, -0.15) is 0 Å². The van der Waals surface area contributed by atoms with Crippen LogP contribution in [0.15, 0.2) is 78.4 Å². The molecule has 0 spiro atoms. The number of benzene rings is 3. The number of rotatable bonds is 10. The van der Waals surface area contributed by atoms with E-state index in [1.807, 2.05) is 0 Å². The van der Waals surface area contributed by atoms with Gasteiger partial charge in [-0.1, -0.05) is 31.9 Å². The Morgan fingerprint density at radius 3 is 2.23 bits per heavy atom. The second-order valence-electron chi connectivity index (χ2n) is 9.07. The quantitative estimate of drug-likeness (QED) is 0.128. The van der Waals surface area contributed by atoms with Crippen LogP contribution < -0.4 is 19.1 Å². The number of carbonyl (C=O) groups excluding carboxylic acids is 2. The highest BCUT2D eigenvalue weighted by molar-refractivity contribution is 6.51. The minimum Gasteiger partial charge on any atom is -0.507 e. The number of nitrogens with zero attached hydrogens (tertiary/aromatic N) is 1. The van der Waals surface area contributed by atoms with Crippen molar-refractivity contribution in [2.75, 3.05) is 18.6 Å². The van der Waals surface area contributed by atoms with Gasteiger partial charge in [0.25, 0.3) is 11.7 Å². The number of anilines is 1. The van der Waals surface area contributed by atoms with Crippen molar-refractivity contribution in [2.45, 2.75) is 38.6 Å². The Balaban J connectivity index is 1.75. The van der Waals surface area contributed by atoms with Gasteiger partial charge in [-0.3, -0.25) is 14.5 Å². The van der Waals surface area contributed by atoms with E-state index in [1.54, 1.807) is 48.5 Å². The summed E-state index contributed by atoms with van der Waals surface area (Å²) in [6, 6.07) is 16.6. The molecule has 1 fully saturated rings. The van der Waals surface area contributed by atoms with Gasteiger partial charge in [0.1, 0.15) is 23.0 Å². The zero-order valence-electron chi connectivity index (χ0n) is 21.9. The minimum absolute atomic E-state index is 0.138. The average Bonchev–Trinajstić information content (AvgIpc) is 3.20.